The van der Waals surface area contributed by atoms with Gasteiger partial charge in [0.2, 0.25) is 0 Å². The van der Waals surface area contributed by atoms with Crippen LogP contribution < -0.4 is 0 Å². The van der Waals surface area contributed by atoms with Crippen molar-refractivity contribution in [3.63, 3.8) is 0 Å². The van der Waals surface area contributed by atoms with Gasteiger partial charge in [-0.3, -0.25) is 4.90 Å². The molecule has 5 rings (SSSR count). The van der Waals surface area contributed by atoms with Crippen molar-refractivity contribution in [3.05, 3.63) is 89.3 Å². The van der Waals surface area contributed by atoms with Crippen molar-refractivity contribution in [1.29, 1.82) is 0 Å². The van der Waals surface area contributed by atoms with Crippen LogP contribution in [0.1, 0.15) is 41.2 Å². The molecule has 4 aromatic rings. The van der Waals surface area contributed by atoms with Crippen LogP contribution in [-0.2, 0) is 19.4 Å². The molecule has 0 spiro atoms. The maximum Gasteiger partial charge on any atom is 0.172 e. The molecule has 3 aromatic heterocycles. The van der Waals surface area contributed by atoms with E-state index in [1.807, 2.05) is 30.5 Å². The van der Waals surface area contributed by atoms with Crippen molar-refractivity contribution in [1.82, 2.24) is 30.1 Å². The quantitative estimate of drug-likeness (QED) is 0.524. The Morgan fingerprint density at radius 1 is 1.14 bits per heavy atom. The first-order valence-electron chi connectivity index (χ1n) is 9.91. The minimum absolute atomic E-state index is 0.0371. The highest BCUT2D eigenvalue weighted by atomic mass is 16.3. The Morgan fingerprint density at radius 3 is 2.93 bits per heavy atom. The first-order chi connectivity index (χ1) is 14.3. The van der Waals surface area contributed by atoms with Gasteiger partial charge in [0.15, 0.2) is 11.6 Å². The van der Waals surface area contributed by atoms with Gasteiger partial charge in [0.25, 0.3) is 0 Å². The lowest BCUT2D eigenvalue weighted by atomic mass is 9.91. The monoisotopic (exact) mass is 386 g/mol. The molecule has 1 aromatic carbocycles. The highest BCUT2D eigenvalue weighted by molar-refractivity contribution is 5.37. The number of pyridine rings is 1. The molecule has 4 heterocycles. The van der Waals surface area contributed by atoms with E-state index in [0.717, 1.165) is 36.8 Å². The molecule has 0 saturated heterocycles. The number of benzene rings is 1. The number of fused-ring (bicyclic) bond motifs is 1. The van der Waals surface area contributed by atoms with Gasteiger partial charge in [0.05, 0.1) is 18.8 Å². The lowest BCUT2D eigenvalue weighted by molar-refractivity contribution is 0.177. The molecule has 0 radical (unpaired) electrons. The second-order valence-electron chi connectivity index (χ2n) is 7.22. The zero-order valence-electron chi connectivity index (χ0n) is 16.3. The molecule has 1 unspecified atom stereocenters. The summed E-state index contributed by atoms with van der Waals surface area (Å²) < 4.78 is 7.55. The zero-order valence-corrected chi connectivity index (χ0v) is 16.3. The third-order valence-electron chi connectivity index (χ3n) is 5.51. The predicted molar refractivity (Wildman–Crippen MR) is 107 cm³/mol. The predicted octanol–water partition coefficient (Wildman–Crippen LogP) is 3.36. The summed E-state index contributed by atoms with van der Waals surface area (Å²) in [7, 11) is 0. The minimum Gasteiger partial charge on any atom is -0.467 e. The fraction of sp³-hybridized carbons (Fsp3) is 0.273. The number of hydrogen-bond donors (Lipinski definition) is 0. The molecule has 0 saturated carbocycles. The Balaban J connectivity index is 1.50. The molecule has 0 amide bonds. The highest BCUT2D eigenvalue weighted by Gasteiger charge is 2.31. The number of aromatic nitrogens is 5. The molecule has 0 bridgehead atoms. The zero-order chi connectivity index (χ0) is 19.6. The van der Waals surface area contributed by atoms with Gasteiger partial charge in [-0.2, -0.15) is 4.68 Å². The van der Waals surface area contributed by atoms with Crippen molar-refractivity contribution in [3.8, 4) is 5.82 Å². The van der Waals surface area contributed by atoms with Gasteiger partial charge >= 0.3 is 0 Å². The Kier molecular flexibility index (Phi) is 4.65. The molecular weight excluding hydrogens is 364 g/mol. The van der Waals surface area contributed by atoms with Crippen LogP contribution in [0.2, 0.25) is 0 Å². The Labute approximate surface area is 169 Å². The highest BCUT2D eigenvalue weighted by Crippen LogP contribution is 2.36. The van der Waals surface area contributed by atoms with Crippen molar-refractivity contribution >= 4 is 0 Å². The number of aryl methyl sites for hydroxylation is 1. The molecule has 146 valence electrons. The number of nitrogens with zero attached hydrogens (tertiary/aromatic N) is 6. The normalized spacial score (nSPS) is 16.7. The van der Waals surface area contributed by atoms with E-state index in [-0.39, 0.29) is 6.04 Å². The van der Waals surface area contributed by atoms with Crippen LogP contribution in [0.15, 0.2) is 65.4 Å². The van der Waals surface area contributed by atoms with Crippen molar-refractivity contribution in [2.24, 2.45) is 0 Å². The largest absolute Gasteiger partial charge is 0.467 e. The summed E-state index contributed by atoms with van der Waals surface area (Å²) in [5.74, 6) is 2.44. The van der Waals surface area contributed by atoms with Crippen LogP contribution in [0.4, 0.5) is 0 Å². The lowest BCUT2D eigenvalue weighted by Gasteiger charge is -2.35. The molecular formula is C22H22N6O. The van der Waals surface area contributed by atoms with Gasteiger partial charge < -0.3 is 4.42 Å². The Bertz CT molecular complexity index is 1100. The smallest absolute Gasteiger partial charge is 0.172 e. The van der Waals surface area contributed by atoms with E-state index in [1.54, 1.807) is 10.9 Å². The maximum absolute atomic E-state index is 5.81. The first kappa shape index (κ1) is 17.8. The van der Waals surface area contributed by atoms with Gasteiger partial charge in [-0.25, -0.2) is 4.98 Å². The fourth-order valence-electron chi connectivity index (χ4n) is 4.03. The van der Waals surface area contributed by atoms with E-state index >= 15 is 0 Å². The molecule has 0 aliphatic carbocycles. The van der Waals surface area contributed by atoms with E-state index in [4.69, 9.17) is 4.42 Å². The van der Waals surface area contributed by atoms with Crippen LogP contribution in [-0.4, -0.2) is 36.6 Å². The molecule has 1 aliphatic heterocycles. The lowest BCUT2D eigenvalue weighted by Crippen LogP contribution is -2.36. The molecule has 0 fully saturated rings. The van der Waals surface area contributed by atoms with Crippen LogP contribution in [0.25, 0.3) is 5.82 Å². The standard InChI is InChI=1S/C22H22N6O/c1-2-16-9-11-23-20(14-16)28-21(24-25-26-28)15-27-12-10-17-6-3-4-7-18(17)22(27)19-8-5-13-29-19/h3-9,11,13-14,22H,2,10,12,15H2,1H3. The van der Waals surface area contributed by atoms with Gasteiger partial charge in [0, 0.05) is 12.7 Å². The molecule has 1 aliphatic rings. The van der Waals surface area contributed by atoms with Crippen molar-refractivity contribution < 1.29 is 4.42 Å². The van der Waals surface area contributed by atoms with Crippen LogP contribution in [0.5, 0.6) is 0 Å². The molecule has 1 atom stereocenters. The van der Waals surface area contributed by atoms with Crippen LogP contribution in [0.3, 0.4) is 0 Å². The third-order valence-corrected chi connectivity index (χ3v) is 5.51. The maximum atomic E-state index is 5.81. The fourth-order valence-corrected chi connectivity index (χ4v) is 4.03. The van der Waals surface area contributed by atoms with E-state index < -0.39 is 0 Å². The van der Waals surface area contributed by atoms with Gasteiger partial charge in [0.1, 0.15) is 5.76 Å². The first-order valence-corrected chi connectivity index (χ1v) is 9.91. The molecule has 7 nitrogen and oxygen atoms in total. The molecule has 7 heteroatoms. The second kappa shape index (κ2) is 7.60. The van der Waals surface area contributed by atoms with E-state index in [1.165, 1.54) is 16.7 Å². The van der Waals surface area contributed by atoms with Crippen molar-refractivity contribution in [2.75, 3.05) is 6.54 Å². The minimum atomic E-state index is 0.0371. The average Bonchev–Trinajstić information content (AvgIpc) is 3.46. The van der Waals surface area contributed by atoms with E-state index in [0.29, 0.717) is 6.54 Å². The van der Waals surface area contributed by atoms with Gasteiger partial charge in [-0.1, -0.05) is 31.2 Å². The summed E-state index contributed by atoms with van der Waals surface area (Å²) in [5, 5.41) is 12.4. The van der Waals surface area contributed by atoms with Crippen LogP contribution in [0, 0.1) is 0 Å². The van der Waals surface area contributed by atoms with Crippen molar-refractivity contribution in [2.45, 2.75) is 32.4 Å². The SMILES string of the molecule is CCc1ccnc(-n2nnnc2CN2CCc3ccccc3C2c2ccco2)c1. The third kappa shape index (κ3) is 3.34. The summed E-state index contributed by atoms with van der Waals surface area (Å²) in [6, 6.07) is 16.6. The Hall–Kier alpha value is -3.32. The molecule has 29 heavy (non-hydrogen) atoms. The van der Waals surface area contributed by atoms with E-state index in [9.17, 15) is 0 Å². The second-order valence-corrected chi connectivity index (χ2v) is 7.22. The number of rotatable bonds is 5. The average molecular weight is 386 g/mol. The van der Waals surface area contributed by atoms with Gasteiger partial charge in [-0.15, -0.1) is 5.10 Å². The van der Waals surface area contributed by atoms with E-state index in [2.05, 4.69) is 56.6 Å². The summed E-state index contributed by atoms with van der Waals surface area (Å²) >= 11 is 0. The van der Waals surface area contributed by atoms with Gasteiger partial charge in [-0.05, 0) is 64.2 Å². The summed E-state index contributed by atoms with van der Waals surface area (Å²) in [6.07, 6.45) is 5.46. The molecule has 0 N–H and O–H groups in total. The summed E-state index contributed by atoms with van der Waals surface area (Å²) in [5.41, 5.74) is 3.85. The van der Waals surface area contributed by atoms with Crippen LogP contribution >= 0.6 is 0 Å². The number of furan rings is 1. The summed E-state index contributed by atoms with van der Waals surface area (Å²) in [4.78, 5) is 6.84. The topological polar surface area (TPSA) is 72.9 Å². The summed E-state index contributed by atoms with van der Waals surface area (Å²) in [6.45, 7) is 3.63. The number of hydrogen-bond acceptors (Lipinski definition) is 6. The number of tetrazole rings is 1. The Morgan fingerprint density at radius 2 is 2.07 bits per heavy atom.